The molecule has 0 aliphatic heterocycles. The summed E-state index contributed by atoms with van der Waals surface area (Å²) in [5, 5.41) is 1.38. The minimum absolute atomic E-state index is 0.232. The highest BCUT2D eigenvalue weighted by Crippen LogP contribution is 2.38. The summed E-state index contributed by atoms with van der Waals surface area (Å²) in [5.74, 6) is 1.32. The minimum Gasteiger partial charge on any atom is -0.493 e. The molecule has 2 aromatic carbocycles. The van der Waals surface area contributed by atoms with Gasteiger partial charge in [0.25, 0.3) is 0 Å². The molecule has 0 saturated heterocycles. The smallest absolute Gasteiger partial charge is 0.180 e. The van der Waals surface area contributed by atoms with E-state index >= 15 is 0 Å². The van der Waals surface area contributed by atoms with Crippen molar-refractivity contribution in [3.8, 4) is 11.5 Å². The first-order chi connectivity index (χ1) is 10.1. The summed E-state index contributed by atoms with van der Waals surface area (Å²) < 4.78 is 11.0. The largest absolute Gasteiger partial charge is 0.493 e. The van der Waals surface area contributed by atoms with Crippen LogP contribution in [0.15, 0.2) is 30.3 Å². The zero-order valence-electron chi connectivity index (χ0n) is 11.1. The van der Waals surface area contributed by atoms with Crippen LogP contribution in [0.4, 0.5) is 0 Å². The molecule has 2 aromatic rings. The van der Waals surface area contributed by atoms with Crippen LogP contribution in [0, 0.1) is 0 Å². The van der Waals surface area contributed by atoms with E-state index in [4.69, 9.17) is 55.9 Å². The molecule has 0 aliphatic rings. The molecule has 0 N–H and O–H groups in total. The number of alkyl halides is 1. The summed E-state index contributed by atoms with van der Waals surface area (Å²) in [4.78, 5) is 0. The first-order valence-corrected chi connectivity index (χ1v) is 7.71. The van der Waals surface area contributed by atoms with Crippen LogP contribution in [0.5, 0.6) is 11.5 Å². The quantitative estimate of drug-likeness (QED) is 0.607. The molecule has 6 heteroatoms. The second-order valence-electron chi connectivity index (χ2n) is 4.24. The number of hydrogen-bond donors (Lipinski definition) is 0. The van der Waals surface area contributed by atoms with Crippen molar-refractivity contribution in [1.82, 2.24) is 0 Å². The van der Waals surface area contributed by atoms with Crippen LogP contribution in [0.3, 0.4) is 0 Å². The average Bonchev–Trinajstić information content (AvgIpc) is 2.49. The molecule has 0 bridgehead atoms. The van der Waals surface area contributed by atoms with Crippen LogP contribution in [0.25, 0.3) is 0 Å². The van der Waals surface area contributed by atoms with Crippen molar-refractivity contribution in [3.05, 3.63) is 56.5 Å². The molecule has 0 atom stereocenters. The third-order valence-corrected chi connectivity index (χ3v) is 4.29. The summed E-state index contributed by atoms with van der Waals surface area (Å²) in [6, 6.07) is 8.89. The zero-order valence-corrected chi connectivity index (χ0v) is 14.2. The molecule has 0 spiro atoms. The van der Waals surface area contributed by atoms with Crippen LogP contribution in [0.1, 0.15) is 11.1 Å². The SMILES string of the molecule is COc1cc(CCl)cc(Cl)c1OCc1cccc(Cl)c1Cl. The van der Waals surface area contributed by atoms with Gasteiger partial charge in [-0.05, 0) is 23.8 Å². The fourth-order valence-corrected chi connectivity index (χ4v) is 2.62. The van der Waals surface area contributed by atoms with E-state index in [1.54, 1.807) is 25.3 Å². The van der Waals surface area contributed by atoms with Crippen LogP contribution >= 0.6 is 46.4 Å². The van der Waals surface area contributed by atoms with E-state index in [0.29, 0.717) is 32.4 Å². The lowest BCUT2D eigenvalue weighted by atomic mass is 10.2. The van der Waals surface area contributed by atoms with Gasteiger partial charge < -0.3 is 9.47 Å². The number of rotatable bonds is 5. The number of halogens is 4. The Morgan fingerprint density at radius 1 is 1.05 bits per heavy atom. The van der Waals surface area contributed by atoms with Gasteiger partial charge in [0, 0.05) is 11.4 Å². The average molecular weight is 366 g/mol. The highest BCUT2D eigenvalue weighted by Gasteiger charge is 2.13. The molecule has 0 aliphatic carbocycles. The number of hydrogen-bond acceptors (Lipinski definition) is 2. The van der Waals surface area contributed by atoms with Gasteiger partial charge >= 0.3 is 0 Å². The predicted molar refractivity (Wildman–Crippen MR) is 88.4 cm³/mol. The fraction of sp³-hybridized carbons (Fsp3) is 0.200. The molecule has 2 rings (SSSR count). The van der Waals surface area contributed by atoms with Gasteiger partial charge in [0.05, 0.1) is 22.2 Å². The van der Waals surface area contributed by atoms with E-state index in [1.165, 1.54) is 0 Å². The topological polar surface area (TPSA) is 18.5 Å². The Morgan fingerprint density at radius 3 is 2.48 bits per heavy atom. The zero-order chi connectivity index (χ0) is 15.4. The molecule has 0 amide bonds. The third-order valence-electron chi connectivity index (χ3n) is 2.85. The summed E-state index contributed by atoms with van der Waals surface area (Å²) in [5.41, 5.74) is 1.62. The molecule has 0 heterocycles. The maximum atomic E-state index is 6.21. The van der Waals surface area contributed by atoms with E-state index in [2.05, 4.69) is 0 Å². The van der Waals surface area contributed by atoms with Gasteiger partial charge in [0.15, 0.2) is 11.5 Å². The Balaban J connectivity index is 2.25. The number of benzene rings is 2. The monoisotopic (exact) mass is 364 g/mol. The molecule has 0 unspecified atom stereocenters. The summed E-state index contributed by atoms with van der Waals surface area (Å²) >= 11 is 24.1. The van der Waals surface area contributed by atoms with Crippen molar-refractivity contribution >= 4 is 46.4 Å². The lowest BCUT2D eigenvalue weighted by molar-refractivity contribution is 0.284. The van der Waals surface area contributed by atoms with E-state index in [9.17, 15) is 0 Å². The van der Waals surface area contributed by atoms with E-state index in [1.807, 2.05) is 12.1 Å². The van der Waals surface area contributed by atoms with Crippen LogP contribution < -0.4 is 9.47 Å². The first-order valence-electron chi connectivity index (χ1n) is 6.05. The maximum absolute atomic E-state index is 6.21. The van der Waals surface area contributed by atoms with Gasteiger partial charge in [-0.2, -0.15) is 0 Å². The van der Waals surface area contributed by atoms with Gasteiger partial charge in [-0.1, -0.05) is 46.9 Å². The van der Waals surface area contributed by atoms with Crippen LogP contribution in [0.2, 0.25) is 15.1 Å². The lowest BCUT2D eigenvalue weighted by Crippen LogP contribution is -2.00. The van der Waals surface area contributed by atoms with Crippen molar-refractivity contribution < 1.29 is 9.47 Å². The fourth-order valence-electron chi connectivity index (χ4n) is 1.80. The Hall–Kier alpha value is -0.800. The Bertz CT molecular complexity index is 644. The first kappa shape index (κ1) is 16.6. The minimum atomic E-state index is 0.232. The second kappa shape index (κ2) is 7.46. The molecule has 0 saturated carbocycles. The Labute approximate surface area is 143 Å². The normalized spacial score (nSPS) is 10.5. The van der Waals surface area contributed by atoms with Crippen LogP contribution in [-0.4, -0.2) is 7.11 Å². The molecule has 2 nitrogen and oxygen atoms in total. The van der Waals surface area contributed by atoms with Gasteiger partial charge in [-0.3, -0.25) is 0 Å². The van der Waals surface area contributed by atoms with Crippen molar-refractivity contribution in [2.45, 2.75) is 12.5 Å². The van der Waals surface area contributed by atoms with E-state index in [0.717, 1.165) is 11.1 Å². The standard InChI is InChI=1S/C15H12Cl4O2/c1-20-13-6-9(7-16)5-12(18)15(13)21-8-10-3-2-4-11(17)14(10)19/h2-6H,7-8H2,1H3. The van der Waals surface area contributed by atoms with Crippen molar-refractivity contribution in [2.75, 3.05) is 7.11 Å². The number of ether oxygens (including phenoxy) is 2. The highest BCUT2D eigenvalue weighted by atomic mass is 35.5. The third kappa shape index (κ3) is 3.89. The summed E-state index contributed by atoms with van der Waals surface area (Å²) in [6.45, 7) is 0.232. The summed E-state index contributed by atoms with van der Waals surface area (Å²) in [7, 11) is 1.54. The van der Waals surface area contributed by atoms with Gasteiger partial charge in [0.2, 0.25) is 0 Å². The highest BCUT2D eigenvalue weighted by molar-refractivity contribution is 6.42. The molecule has 112 valence electrons. The molecule has 21 heavy (non-hydrogen) atoms. The second-order valence-corrected chi connectivity index (χ2v) is 5.70. The Morgan fingerprint density at radius 2 is 1.81 bits per heavy atom. The molecular weight excluding hydrogens is 354 g/mol. The predicted octanol–water partition coefficient (Wildman–Crippen LogP) is 5.97. The van der Waals surface area contributed by atoms with Crippen molar-refractivity contribution in [1.29, 1.82) is 0 Å². The lowest BCUT2D eigenvalue weighted by Gasteiger charge is -2.14. The summed E-state index contributed by atoms with van der Waals surface area (Å²) in [6.07, 6.45) is 0. The Kier molecular flexibility index (Phi) is 5.88. The van der Waals surface area contributed by atoms with Crippen LogP contribution in [-0.2, 0) is 12.5 Å². The van der Waals surface area contributed by atoms with E-state index in [-0.39, 0.29) is 6.61 Å². The van der Waals surface area contributed by atoms with Gasteiger partial charge in [0.1, 0.15) is 6.61 Å². The molecule has 0 aromatic heterocycles. The molecule has 0 radical (unpaired) electrons. The maximum Gasteiger partial charge on any atom is 0.180 e. The van der Waals surface area contributed by atoms with E-state index < -0.39 is 0 Å². The van der Waals surface area contributed by atoms with Gasteiger partial charge in [-0.15, -0.1) is 11.6 Å². The molecular formula is C15H12Cl4O2. The van der Waals surface area contributed by atoms with Crippen molar-refractivity contribution in [3.63, 3.8) is 0 Å². The number of methoxy groups -OCH3 is 1. The van der Waals surface area contributed by atoms with Crippen molar-refractivity contribution in [2.24, 2.45) is 0 Å². The molecule has 0 fully saturated rings. The van der Waals surface area contributed by atoms with Gasteiger partial charge in [-0.25, -0.2) is 0 Å².